The number of hydrogen-bond donors (Lipinski definition) is 0. The molecule has 0 atom stereocenters. The number of benzene rings is 1. The third-order valence-electron chi connectivity index (χ3n) is 3.28. The summed E-state index contributed by atoms with van der Waals surface area (Å²) in [6, 6.07) is 4.77. The maximum absolute atomic E-state index is 14.2. The Morgan fingerprint density at radius 2 is 2.00 bits per heavy atom. The second-order valence-electron chi connectivity index (χ2n) is 4.69. The zero-order chi connectivity index (χ0) is 16.1. The molecule has 0 saturated carbocycles. The first-order valence-electron chi connectivity index (χ1n) is 6.40. The highest BCUT2D eigenvalue weighted by Gasteiger charge is 2.21. The van der Waals surface area contributed by atoms with Crippen LogP contribution in [0.25, 0.3) is 27.1 Å². The van der Waals surface area contributed by atoms with Gasteiger partial charge in [0.1, 0.15) is 5.69 Å². The van der Waals surface area contributed by atoms with Gasteiger partial charge in [-0.1, -0.05) is 40.6 Å². The third-order valence-corrected chi connectivity index (χ3v) is 4.78. The number of hydrogen-bond acceptors (Lipinski definition) is 5. The number of rotatable bonds is 2. The molecule has 10 heteroatoms. The van der Waals surface area contributed by atoms with E-state index in [1.54, 1.807) is 23.9 Å². The Hall–Kier alpha value is -2.03. The lowest BCUT2D eigenvalue weighted by molar-refractivity contribution is 0.631. The van der Waals surface area contributed by atoms with Gasteiger partial charge in [-0.15, -0.1) is 10.2 Å². The standard InChI is InChI=1S/C13H7Cl2FN6S/c1-21-10(8(15)5-17-21)11-18-19-13-22(11)20-12(23-13)6-3-2-4-7(14)9(6)16/h2-5H,1H3. The first kappa shape index (κ1) is 14.6. The Morgan fingerprint density at radius 3 is 2.74 bits per heavy atom. The Bertz CT molecular complexity index is 1020. The van der Waals surface area contributed by atoms with E-state index in [-0.39, 0.29) is 5.02 Å². The average molecular weight is 369 g/mol. The highest BCUT2D eigenvalue weighted by Crippen LogP contribution is 2.33. The fourth-order valence-corrected chi connectivity index (χ4v) is 3.49. The smallest absolute Gasteiger partial charge is 0.235 e. The van der Waals surface area contributed by atoms with Crippen LogP contribution in [-0.4, -0.2) is 29.6 Å². The molecule has 0 aliphatic rings. The largest absolute Gasteiger partial charge is 0.263 e. The van der Waals surface area contributed by atoms with E-state index >= 15 is 0 Å². The number of fused-ring (bicyclic) bond motifs is 1. The van der Waals surface area contributed by atoms with Crippen molar-refractivity contribution in [1.82, 2.24) is 29.6 Å². The van der Waals surface area contributed by atoms with Crippen molar-refractivity contribution in [1.29, 1.82) is 0 Å². The molecule has 0 saturated heterocycles. The summed E-state index contributed by atoms with van der Waals surface area (Å²) in [6.45, 7) is 0. The van der Waals surface area contributed by atoms with Crippen LogP contribution in [0.2, 0.25) is 10.0 Å². The molecule has 0 aliphatic carbocycles. The van der Waals surface area contributed by atoms with Gasteiger partial charge >= 0.3 is 0 Å². The first-order chi connectivity index (χ1) is 11.1. The minimum absolute atomic E-state index is 0.0448. The van der Waals surface area contributed by atoms with Crippen molar-refractivity contribution in [3.05, 3.63) is 40.3 Å². The number of aromatic nitrogens is 6. The number of nitrogens with zero attached hydrogens (tertiary/aromatic N) is 6. The van der Waals surface area contributed by atoms with Crippen molar-refractivity contribution in [3.8, 4) is 22.1 Å². The van der Waals surface area contributed by atoms with Gasteiger partial charge in [0.2, 0.25) is 10.8 Å². The van der Waals surface area contributed by atoms with Crippen LogP contribution in [0.15, 0.2) is 24.4 Å². The lowest BCUT2D eigenvalue weighted by Crippen LogP contribution is -1.99. The molecule has 3 aromatic heterocycles. The molecule has 0 aliphatic heterocycles. The minimum atomic E-state index is -0.515. The summed E-state index contributed by atoms with van der Waals surface area (Å²) in [6.07, 6.45) is 1.52. The molecule has 1 aromatic carbocycles. The molecule has 0 spiro atoms. The van der Waals surface area contributed by atoms with E-state index in [0.717, 1.165) is 0 Å². The zero-order valence-corrected chi connectivity index (χ0v) is 13.9. The Labute approximate surface area is 143 Å². The summed E-state index contributed by atoms with van der Waals surface area (Å²) in [5.41, 5.74) is 0.901. The van der Waals surface area contributed by atoms with Crippen LogP contribution in [0.3, 0.4) is 0 Å². The van der Waals surface area contributed by atoms with Crippen molar-refractivity contribution in [3.63, 3.8) is 0 Å². The Balaban J connectivity index is 1.92. The summed E-state index contributed by atoms with van der Waals surface area (Å²) in [5.74, 6) is -0.0748. The molecule has 116 valence electrons. The van der Waals surface area contributed by atoms with Crippen LogP contribution in [0.5, 0.6) is 0 Å². The van der Waals surface area contributed by atoms with Gasteiger partial charge in [0.15, 0.2) is 10.8 Å². The summed E-state index contributed by atoms with van der Waals surface area (Å²) >= 11 is 13.2. The molecule has 0 N–H and O–H groups in total. The van der Waals surface area contributed by atoms with Gasteiger partial charge in [-0.25, -0.2) is 4.39 Å². The minimum Gasteiger partial charge on any atom is -0.263 e. The summed E-state index contributed by atoms with van der Waals surface area (Å²) in [7, 11) is 1.74. The van der Waals surface area contributed by atoms with E-state index in [1.807, 2.05) is 0 Å². The lowest BCUT2D eigenvalue weighted by Gasteiger charge is -2.00. The maximum atomic E-state index is 14.2. The summed E-state index contributed by atoms with van der Waals surface area (Å²) in [4.78, 5) is 0.520. The van der Waals surface area contributed by atoms with Gasteiger partial charge in [-0.2, -0.15) is 14.7 Å². The number of aryl methyl sites for hydroxylation is 1. The quantitative estimate of drug-likeness (QED) is 0.541. The van der Waals surface area contributed by atoms with E-state index in [4.69, 9.17) is 23.2 Å². The molecule has 4 aromatic rings. The molecule has 0 radical (unpaired) electrons. The van der Waals surface area contributed by atoms with Crippen LogP contribution in [0.1, 0.15) is 0 Å². The molecular weight excluding hydrogens is 362 g/mol. The summed E-state index contributed by atoms with van der Waals surface area (Å²) in [5, 5.41) is 17.6. The van der Waals surface area contributed by atoms with E-state index < -0.39 is 5.82 Å². The highest BCUT2D eigenvalue weighted by molar-refractivity contribution is 7.19. The van der Waals surface area contributed by atoms with E-state index in [1.165, 1.54) is 28.1 Å². The molecule has 0 unspecified atom stereocenters. The molecule has 4 rings (SSSR count). The fraction of sp³-hybridized carbons (Fsp3) is 0.0769. The predicted octanol–water partition coefficient (Wildman–Crippen LogP) is 3.70. The predicted molar refractivity (Wildman–Crippen MR) is 86.3 cm³/mol. The molecule has 23 heavy (non-hydrogen) atoms. The van der Waals surface area contributed by atoms with Crippen LogP contribution >= 0.6 is 34.5 Å². The van der Waals surface area contributed by atoms with E-state index in [9.17, 15) is 4.39 Å². The lowest BCUT2D eigenvalue weighted by atomic mass is 10.2. The molecule has 0 bridgehead atoms. The van der Waals surface area contributed by atoms with Crippen molar-refractivity contribution in [2.75, 3.05) is 0 Å². The Kier molecular flexibility index (Phi) is 3.33. The van der Waals surface area contributed by atoms with Gasteiger partial charge in [0.05, 0.1) is 16.2 Å². The van der Waals surface area contributed by atoms with Crippen molar-refractivity contribution >= 4 is 39.5 Å². The highest BCUT2D eigenvalue weighted by atomic mass is 35.5. The van der Waals surface area contributed by atoms with E-state index in [2.05, 4.69) is 20.4 Å². The van der Waals surface area contributed by atoms with Gasteiger partial charge in [-0.3, -0.25) is 4.68 Å². The second kappa shape index (κ2) is 5.26. The van der Waals surface area contributed by atoms with Crippen molar-refractivity contribution < 1.29 is 4.39 Å². The average Bonchev–Trinajstić information content (AvgIpc) is 3.18. The van der Waals surface area contributed by atoms with Crippen molar-refractivity contribution in [2.24, 2.45) is 7.05 Å². The monoisotopic (exact) mass is 368 g/mol. The first-order valence-corrected chi connectivity index (χ1v) is 7.98. The summed E-state index contributed by atoms with van der Waals surface area (Å²) < 4.78 is 17.3. The van der Waals surface area contributed by atoms with Gasteiger partial charge < -0.3 is 0 Å². The SMILES string of the molecule is Cn1ncc(Cl)c1-c1nnc2sc(-c3cccc(Cl)c3F)nn12. The van der Waals surface area contributed by atoms with Gasteiger partial charge in [0, 0.05) is 12.6 Å². The van der Waals surface area contributed by atoms with Crippen LogP contribution in [0.4, 0.5) is 4.39 Å². The normalized spacial score (nSPS) is 11.5. The molecular formula is C13H7Cl2FN6S. The van der Waals surface area contributed by atoms with Crippen LogP contribution in [-0.2, 0) is 7.05 Å². The molecule has 3 heterocycles. The van der Waals surface area contributed by atoms with Crippen molar-refractivity contribution in [2.45, 2.75) is 0 Å². The third kappa shape index (κ3) is 2.21. The molecule has 0 amide bonds. The van der Waals surface area contributed by atoms with E-state index in [0.29, 0.717) is 32.1 Å². The van der Waals surface area contributed by atoms with Crippen LogP contribution in [0, 0.1) is 5.82 Å². The van der Waals surface area contributed by atoms with Crippen LogP contribution < -0.4 is 0 Å². The molecule has 0 fully saturated rings. The zero-order valence-electron chi connectivity index (χ0n) is 11.5. The maximum Gasteiger partial charge on any atom is 0.235 e. The fourth-order valence-electron chi connectivity index (χ4n) is 2.20. The second-order valence-corrected chi connectivity index (χ2v) is 6.46. The topological polar surface area (TPSA) is 60.9 Å². The number of halogens is 3. The van der Waals surface area contributed by atoms with Gasteiger partial charge in [0.25, 0.3) is 0 Å². The van der Waals surface area contributed by atoms with Gasteiger partial charge in [-0.05, 0) is 12.1 Å². The molecule has 6 nitrogen and oxygen atoms in total. The Morgan fingerprint density at radius 1 is 1.17 bits per heavy atom.